The minimum atomic E-state index is -0.134. The summed E-state index contributed by atoms with van der Waals surface area (Å²) in [6.45, 7) is 4.69. The van der Waals surface area contributed by atoms with E-state index >= 15 is 0 Å². The Morgan fingerprint density at radius 1 is 1.23 bits per heavy atom. The zero-order valence-corrected chi connectivity index (χ0v) is 18.2. The number of carbonyl (C=O) groups excluding carboxylic acids is 2. The van der Waals surface area contributed by atoms with Gasteiger partial charge in [0.1, 0.15) is 5.82 Å². The summed E-state index contributed by atoms with van der Waals surface area (Å²) in [7, 11) is 2.01. The highest BCUT2D eigenvalue weighted by atomic mass is 16.5. The number of likely N-dealkylation sites (tertiary alicyclic amines) is 1. The maximum atomic E-state index is 12.9. The smallest absolute Gasteiger partial charge is 0.225 e. The average molecular weight is 432 g/mol. The predicted molar refractivity (Wildman–Crippen MR) is 112 cm³/mol. The molecule has 9 heteroatoms. The number of hydrogen-bond acceptors (Lipinski definition) is 6. The van der Waals surface area contributed by atoms with Crippen LogP contribution in [0.2, 0.25) is 0 Å². The molecule has 4 fully saturated rings. The molecule has 0 unspecified atom stereocenters. The van der Waals surface area contributed by atoms with Crippen LogP contribution < -0.4 is 5.32 Å². The highest BCUT2D eigenvalue weighted by Gasteiger charge is 2.51. The molecule has 1 aromatic rings. The van der Waals surface area contributed by atoms with Gasteiger partial charge in [-0.2, -0.15) is 0 Å². The number of imidazole rings is 1. The van der Waals surface area contributed by atoms with Crippen LogP contribution in [-0.4, -0.2) is 88.8 Å². The van der Waals surface area contributed by atoms with Gasteiger partial charge in [-0.15, -0.1) is 0 Å². The number of amides is 2. The summed E-state index contributed by atoms with van der Waals surface area (Å²) < 4.78 is 13.6. The SMILES string of the molecule is Cn1ccnc1CN1C[C@@H](CC(=O)NC2CC2)[C@H]2[C@H](CC(=O)N3CCOCC3)OC[C@H]21. The van der Waals surface area contributed by atoms with Gasteiger partial charge in [-0.05, 0) is 18.8 Å². The van der Waals surface area contributed by atoms with Crippen LogP contribution >= 0.6 is 0 Å². The van der Waals surface area contributed by atoms with E-state index in [9.17, 15) is 9.59 Å². The van der Waals surface area contributed by atoms with Crippen LogP contribution in [-0.2, 0) is 32.7 Å². The van der Waals surface area contributed by atoms with E-state index in [0.29, 0.717) is 51.8 Å². The van der Waals surface area contributed by atoms with Gasteiger partial charge in [0, 0.05) is 63.5 Å². The van der Waals surface area contributed by atoms with Crippen molar-refractivity contribution in [3.05, 3.63) is 18.2 Å². The molecule has 0 radical (unpaired) electrons. The fourth-order valence-electron chi connectivity index (χ4n) is 5.39. The number of aromatic nitrogens is 2. The van der Waals surface area contributed by atoms with Crippen LogP contribution in [0.1, 0.15) is 31.5 Å². The number of fused-ring (bicyclic) bond motifs is 1. The summed E-state index contributed by atoms with van der Waals surface area (Å²) >= 11 is 0. The minimum absolute atomic E-state index is 0.134. The Hall–Kier alpha value is -1.97. The lowest BCUT2D eigenvalue weighted by Gasteiger charge is -2.29. The molecule has 4 aliphatic rings. The monoisotopic (exact) mass is 431 g/mol. The number of nitrogens with zero attached hydrogens (tertiary/aromatic N) is 4. The molecule has 3 aliphatic heterocycles. The molecule has 1 aliphatic carbocycles. The quantitative estimate of drug-likeness (QED) is 0.661. The lowest BCUT2D eigenvalue weighted by atomic mass is 9.84. The fraction of sp³-hybridized carbons (Fsp3) is 0.773. The minimum Gasteiger partial charge on any atom is -0.378 e. The lowest BCUT2D eigenvalue weighted by Crippen LogP contribution is -2.43. The van der Waals surface area contributed by atoms with E-state index in [1.165, 1.54) is 0 Å². The third kappa shape index (κ3) is 4.63. The standard InChI is InChI=1S/C22H33N5O4/c1-25-5-4-23-19(25)13-27-12-15(10-20(28)24-16-2-3-16)22-17(27)14-31-18(22)11-21(29)26-6-8-30-9-7-26/h4-5,15-18,22H,2-3,6-14H2,1H3,(H,24,28)/t15-,17-,18+,22-/m1/s1. The number of hydrogen-bond donors (Lipinski definition) is 1. The molecule has 2 amide bonds. The first-order chi connectivity index (χ1) is 15.1. The third-order valence-corrected chi connectivity index (χ3v) is 7.23. The Kier molecular flexibility index (Phi) is 5.99. The Morgan fingerprint density at radius 2 is 2.03 bits per heavy atom. The van der Waals surface area contributed by atoms with E-state index in [1.54, 1.807) is 0 Å². The van der Waals surface area contributed by atoms with Gasteiger partial charge in [-0.3, -0.25) is 14.5 Å². The molecule has 0 spiro atoms. The molecule has 3 saturated heterocycles. The van der Waals surface area contributed by atoms with Crippen molar-refractivity contribution in [1.82, 2.24) is 24.7 Å². The van der Waals surface area contributed by atoms with Gasteiger partial charge >= 0.3 is 0 Å². The van der Waals surface area contributed by atoms with Crippen LogP contribution in [0, 0.1) is 11.8 Å². The van der Waals surface area contributed by atoms with Gasteiger partial charge < -0.3 is 24.3 Å². The van der Waals surface area contributed by atoms with E-state index in [1.807, 2.05) is 28.9 Å². The Balaban J connectivity index is 1.28. The number of morpholine rings is 1. The van der Waals surface area contributed by atoms with E-state index in [-0.39, 0.29) is 35.8 Å². The van der Waals surface area contributed by atoms with Gasteiger partial charge in [0.25, 0.3) is 0 Å². The van der Waals surface area contributed by atoms with Crippen molar-refractivity contribution in [3.63, 3.8) is 0 Å². The molecule has 4 heterocycles. The maximum Gasteiger partial charge on any atom is 0.225 e. The molecule has 1 aromatic heterocycles. The highest BCUT2D eigenvalue weighted by molar-refractivity contribution is 5.78. The summed E-state index contributed by atoms with van der Waals surface area (Å²) in [5.41, 5.74) is 0. The second-order valence-corrected chi connectivity index (χ2v) is 9.40. The molecule has 5 rings (SSSR count). The number of carbonyl (C=O) groups is 2. The summed E-state index contributed by atoms with van der Waals surface area (Å²) in [6, 6.07) is 0.588. The van der Waals surface area contributed by atoms with Crippen molar-refractivity contribution in [2.45, 2.75) is 50.4 Å². The molecule has 1 N–H and O–H groups in total. The zero-order chi connectivity index (χ0) is 21.4. The molecular weight excluding hydrogens is 398 g/mol. The van der Waals surface area contributed by atoms with E-state index in [4.69, 9.17) is 9.47 Å². The Bertz CT molecular complexity index is 804. The number of nitrogens with one attached hydrogen (secondary N) is 1. The van der Waals surface area contributed by atoms with Crippen molar-refractivity contribution in [1.29, 1.82) is 0 Å². The molecule has 4 atom stereocenters. The summed E-state index contributed by atoms with van der Waals surface area (Å²) in [6.07, 6.45) is 6.71. The average Bonchev–Trinajstić information content (AvgIpc) is 3.18. The van der Waals surface area contributed by atoms with Crippen molar-refractivity contribution < 1.29 is 19.1 Å². The Morgan fingerprint density at radius 3 is 2.74 bits per heavy atom. The molecule has 0 bridgehead atoms. The first-order valence-corrected chi connectivity index (χ1v) is 11.5. The summed E-state index contributed by atoms with van der Waals surface area (Å²) in [4.78, 5) is 34.3. The molecule has 0 aromatic carbocycles. The van der Waals surface area contributed by atoms with Gasteiger partial charge in [-0.25, -0.2) is 4.98 Å². The third-order valence-electron chi connectivity index (χ3n) is 7.23. The maximum absolute atomic E-state index is 12.9. The summed E-state index contributed by atoms with van der Waals surface area (Å²) in [5, 5.41) is 3.13. The Labute approximate surface area is 183 Å². The molecule has 31 heavy (non-hydrogen) atoms. The second-order valence-electron chi connectivity index (χ2n) is 9.40. The second kappa shape index (κ2) is 8.88. The summed E-state index contributed by atoms with van der Waals surface area (Å²) in [5.74, 6) is 1.66. The molecule has 9 nitrogen and oxygen atoms in total. The topological polar surface area (TPSA) is 88.9 Å². The van der Waals surface area contributed by atoms with Crippen LogP contribution in [0.3, 0.4) is 0 Å². The number of aryl methyl sites for hydroxylation is 1. The van der Waals surface area contributed by atoms with Crippen LogP contribution in [0.15, 0.2) is 12.4 Å². The van der Waals surface area contributed by atoms with Gasteiger partial charge in [0.05, 0.1) is 38.9 Å². The lowest BCUT2D eigenvalue weighted by molar-refractivity contribution is -0.138. The van der Waals surface area contributed by atoms with E-state index < -0.39 is 0 Å². The molecular formula is C22H33N5O4. The van der Waals surface area contributed by atoms with E-state index in [2.05, 4.69) is 15.2 Å². The predicted octanol–water partition coefficient (Wildman–Crippen LogP) is 0.153. The van der Waals surface area contributed by atoms with E-state index in [0.717, 1.165) is 31.8 Å². The molecule has 170 valence electrons. The van der Waals surface area contributed by atoms with Crippen LogP contribution in [0.4, 0.5) is 0 Å². The number of rotatable bonds is 7. The van der Waals surface area contributed by atoms with Crippen molar-refractivity contribution in [3.8, 4) is 0 Å². The van der Waals surface area contributed by atoms with Crippen molar-refractivity contribution in [2.24, 2.45) is 18.9 Å². The van der Waals surface area contributed by atoms with Gasteiger partial charge in [0.15, 0.2) is 0 Å². The first kappa shape index (κ1) is 20.9. The molecule has 1 saturated carbocycles. The number of ether oxygens (including phenoxy) is 2. The fourth-order valence-corrected chi connectivity index (χ4v) is 5.39. The van der Waals surface area contributed by atoms with Crippen molar-refractivity contribution >= 4 is 11.8 Å². The first-order valence-electron chi connectivity index (χ1n) is 11.5. The zero-order valence-electron chi connectivity index (χ0n) is 18.2. The highest BCUT2D eigenvalue weighted by Crippen LogP contribution is 2.42. The normalized spacial score (nSPS) is 31.1. The van der Waals surface area contributed by atoms with Crippen LogP contribution in [0.25, 0.3) is 0 Å². The van der Waals surface area contributed by atoms with Crippen LogP contribution in [0.5, 0.6) is 0 Å². The van der Waals surface area contributed by atoms with Gasteiger partial charge in [0.2, 0.25) is 11.8 Å². The van der Waals surface area contributed by atoms with Gasteiger partial charge in [-0.1, -0.05) is 0 Å². The largest absolute Gasteiger partial charge is 0.378 e. The van der Waals surface area contributed by atoms with Crippen molar-refractivity contribution in [2.75, 3.05) is 39.5 Å².